The van der Waals surface area contributed by atoms with Crippen molar-refractivity contribution in [2.75, 3.05) is 6.61 Å². The summed E-state index contributed by atoms with van der Waals surface area (Å²) in [6, 6.07) is -1.01. The predicted octanol–water partition coefficient (Wildman–Crippen LogP) is 11.7. The number of amides is 1. The summed E-state index contributed by atoms with van der Waals surface area (Å²) in [6.07, 6.45) is 47.4. The molecule has 6 nitrogen and oxygen atoms in total. The number of rotatable bonds is 40. The molecular weight excluding hydrogens is 647 g/mol. The largest absolute Gasteiger partial charge is 0.394 e. The summed E-state index contributed by atoms with van der Waals surface area (Å²) in [5.41, 5.74) is 0. The van der Waals surface area contributed by atoms with Crippen molar-refractivity contribution in [3.8, 4) is 0 Å². The molecule has 0 aromatic carbocycles. The van der Waals surface area contributed by atoms with Gasteiger partial charge in [0.2, 0.25) is 5.91 Å². The molecule has 6 heteroatoms. The van der Waals surface area contributed by atoms with Crippen LogP contribution in [0.25, 0.3) is 0 Å². The molecule has 0 saturated carbocycles. The van der Waals surface area contributed by atoms with Gasteiger partial charge in [-0.2, -0.15) is 0 Å². The fourth-order valence-electron chi connectivity index (χ4n) is 6.73. The molecule has 1 amide bonds. The number of hydrogen-bond acceptors (Lipinski definition) is 5. The minimum atomic E-state index is -1.29. The molecule has 0 aliphatic carbocycles. The molecule has 0 aliphatic heterocycles. The normalized spacial score (nSPS) is 14.5. The van der Waals surface area contributed by atoms with E-state index in [2.05, 4.69) is 55.6 Å². The molecule has 4 atom stereocenters. The maximum Gasteiger partial charge on any atom is 0.249 e. The van der Waals surface area contributed by atoms with Crippen LogP contribution in [0.1, 0.15) is 219 Å². The SMILES string of the molecule is CCCCCCCCCC/C=C/CC/C=C/CC/C=C/CCCC(O)C(O)C(CO)NC(=O)C(O)CCCCCCCCCCCCCCCCC. The minimum absolute atomic E-state index is 0.361. The van der Waals surface area contributed by atoms with Crippen LogP contribution < -0.4 is 5.32 Å². The lowest BCUT2D eigenvalue weighted by molar-refractivity contribution is -0.132. The Morgan fingerprint density at radius 3 is 1.21 bits per heavy atom. The molecule has 0 fully saturated rings. The maximum absolute atomic E-state index is 12.5. The first-order chi connectivity index (χ1) is 25.5. The van der Waals surface area contributed by atoms with E-state index in [1.54, 1.807) is 0 Å². The van der Waals surface area contributed by atoms with Crippen molar-refractivity contribution in [2.45, 2.75) is 244 Å². The van der Waals surface area contributed by atoms with E-state index in [0.29, 0.717) is 19.3 Å². The summed E-state index contributed by atoms with van der Waals surface area (Å²) in [6.45, 7) is 4.03. The topological polar surface area (TPSA) is 110 Å². The van der Waals surface area contributed by atoms with Crippen molar-refractivity contribution in [1.29, 1.82) is 0 Å². The molecule has 0 aromatic heterocycles. The van der Waals surface area contributed by atoms with Crippen molar-refractivity contribution in [3.63, 3.8) is 0 Å². The lowest BCUT2D eigenvalue weighted by Gasteiger charge is -2.27. The first kappa shape index (κ1) is 50.5. The Bertz CT molecular complexity index is 828. The van der Waals surface area contributed by atoms with Crippen molar-refractivity contribution in [3.05, 3.63) is 36.5 Å². The lowest BCUT2D eigenvalue weighted by atomic mass is 10.00. The molecule has 4 unspecified atom stereocenters. The van der Waals surface area contributed by atoms with Gasteiger partial charge in [-0.05, 0) is 64.2 Å². The zero-order valence-electron chi connectivity index (χ0n) is 34.3. The van der Waals surface area contributed by atoms with E-state index in [4.69, 9.17) is 0 Å². The third-order valence-electron chi connectivity index (χ3n) is 10.3. The highest BCUT2D eigenvalue weighted by Gasteiger charge is 2.28. The van der Waals surface area contributed by atoms with Crippen LogP contribution in [0, 0.1) is 0 Å². The van der Waals surface area contributed by atoms with Crippen LogP contribution in [0.2, 0.25) is 0 Å². The summed E-state index contributed by atoms with van der Waals surface area (Å²) in [5.74, 6) is -0.599. The van der Waals surface area contributed by atoms with Gasteiger partial charge in [0.25, 0.3) is 0 Å². The number of carbonyl (C=O) groups is 1. The van der Waals surface area contributed by atoms with E-state index in [-0.39, 0.29) is 0 Å². The Morgan fingerprint density at radius 1 is 0.462 bits per heavy atom. The summed E-state index contributed by atoms with van der Waals surface area (Å²) >= 11 is 0. The molecule has 0 spiro atoms. The Hall–Kier alpha value is -1.47. The number of aliphatic hydroxyl groups is 4. The van der Waals surface area contributed by atoms with Gasteiger partial charge in [0.1, 0.15) is 12.2 Å². The molecule has 306 valence electrons. The van der Waals surface area contributed by atoms with Gasteiger partial charge in [0.05, 0.1) is 18.8 Å². The molecule has 0 heterocycles. The molecule has 0 rings (SSSR count). The van der Waals surface area contributed by atoms with Crippen LogP contribution in [0.3, 0.4) is 0 Å². The van der Waals surface area contributed by atoms with Gasteiger partial charge < -0.3 is 25.7 Å². The van der Waals surface area contributed by atoms with Crippen LogP contribution in [0.5, 0.6) is 0 Å². The average molecular weight is 734 g/mol. The molecule has 52 heavy (non-hydrogen) atoms. The third kappa shape index (κ3) is 34.3. The van der Waals surface area contributed by atoms with E-state index in [9.17, 15) is 25.2 Å². The van der Waals surface area contributed by atoms with Crippen molar-refractivity contribution < 1.29 is 25.2 Å². The highest BCUT2D eigenvalue weighted by Crippen LogP contribution is 2.15. The number of allylic oxidation sites excluding steroid dienone is 6. The predicted molar refractivity (Wildman–Crippen MR) is 224 cm³/mol. The van der Waals surface area contributed by atoms with E-state index >= 15 is 0 Å². The smallest absolute Gasteiger partial charge is 0.249 e. The summed E-state index contributed by atoms with van der Waals surface area (Å²) in [7, 11) is 0. The second-order valence-corrected chi connectivity index (χ2v) is 15.4. The monoisotopic (exact) mass is 734 g/mol. The lowest BCUT2D eigenvalue weighted by Crippen LogP contribution is -2.53. The van der Waals surface area contributed by atoms with Gasteiger partial charge in [-0.25, -0.2) is 0 Å². The van der Waals surface area contributed by atoms with Crippen molar-refractivity contribution in [2.24, 2.45) is 0 Å². The Morgan fingerprint density at radius 2 is 0.808 bits per heavy atom. The number of aliphatic hydroxyl groups excluding tert-OH is 4. The quantitative estimate of drug-likeness (QED) is 0.0318. The molecule has 0 radical (unpaired) electrons. The van der Waals surface area contributed by atoms with Gasteiger partial charge in [-0.3, -0.25) is 4.79 Å². The van der Waals surface area contributed by atoms with Gasteiger partial charge in [-0.1, -0.05) is 192 Å². The van der Waals surface area contributed by atoms with Crippen LogP contribution in [-0.2, 0) is 4.79 Å². The van der Waals surface area contributed by atoms with Crippen molar-refractivity contribution in [1.82, 2.24) is 5.32 Å². The van der Waals surface area contributed by atoms with Crippen molar-refractivity contribution >= 4 is 5.91 Å². The Kier molecular flexibility index (Phi) is 39.6. The number of unbranched alkanes of at least 4 members (excludes halogenated alkanes) is 25. The molecule has 5 N–H and O–H groups in total. The van der Waals surface area contributed by atoms with E-state index in [0.717, 1.165) is 51.4 Å². The van der Waals surface area contributed by atoms with E-state index in [1.807, 2.05) is 0 Å². The van der Waals surface area contributed by atoms with Crippen LogP contribution >= 0.6 is 0 Å². The molecular formula is C46H87NO5. The van der Waals surface area contributed by atoms with Gasteiger partial charge >= 0.3 is 0 Å². The standard InChI is InChI=1S/C46H87NO5/c1-3-5-7-9-11-13-15-17-19-20-21-22-23-24-26-27-29-31-33-35-37-39-43(49)45(51)42(41-48)47-46(52)44(50)40-38-36-34-32-30-28-25-18-16-14-12-10-8-6-4-2/h20-21,24,26,31,33,42-45,48-51H,3-19,22-23,25,27-30,32,34-41H2,1-2H3,(H,47,52)/b21-20+,26-24+,33-31+. The summed E-state index contributed by atoms with van der Waals surface area (Å²) in [4.78, 5) is 12.5. The van der Waals surface area contributed by atoms with Gasteiger partial charge in [-0.15, -0.1) is 0 Å². The third-order valence-corrected chi connectivity index (χ3v) is 10.3. The van der Waals surface area contributed by atoms with E-state index < -0.39 is 36.9 Å². The molecule has 0 aliphatic rings. The second kappa shape index (κ2) is 40.7. The number of hydrogen-bond donors (Lipinski definition) is 5. The maximum atomic E-state index is 12.5. The van der Waals surface area contributed by atoms with Crippen LogP contribution in [0.15, 0.2) is 36.5 Å². The fraction of sp³-hybridized carbons (Fsp3) is 0.848. The molecule has 0 bridgehead atoms. The average Bonchev–Trinajstić information content (AvgIpc) is 3.15. The number of nitrogens with one attached hydrogen (secondary N) is 1. The molecule has 0 saturated heterocycles. The van der Waals surface area contributed by atoms with Crippen LogP contribution in [-0.4, -0.2) is 57.3 Å². The highest BCUT2D eigenvalue weighted by molar-refractivity contribution is 5.80. The minimum Gasteiger partial charge on any atom is -0.394 e. The van der Waals surface area contributed by atoms with Gasteiger partial charge in [0.15, 0.2) is 0 Å². The second-order valence-electron chi connectivity index (χ2n) is 15.4. The number of carbonyl (C=O) groups excluding carboxylic acids is 1. The molecule has 0 aromatic rings. The first-order valence-electron chi connectivity index (χ1n) is 22.4. The summed E-state index contributed by atoms with van der Waals surface area (Å²) < 4.78 is 0. The fourth-order valence-corrected chi connectivity index (χ4v) is 6.73. The Balaban J connectivity index is 3.82. The van der Waals surface area contributed by atoms with E-state index in [1.165, 1.54) is 135 Å². The van der Waals surface area contributed by atoms with Gasteiger partial charge in [0, 0.05) is 0 Å². The van der Waals surface area contributed by atoms with Crippen LogP contribution in [0.4, 0.5) is 0 Å². The highest BCUT2D eigenvalue weighted by atomic mass is 16.3. The summed E-state index contributed by atoms with van der Waals surface area (Å²) in [5, 5.41) is 43.6. The zero-order chi connectivity index (χ0) is 38.2. The Labute approximate surface area is 322 Å². The first-order valence-corrected chi connectivity index (χ1v) is 22.4. The zero-order valence-corrected chi connectivity index (χ0v) is 34.3.